The van der Waals surface area contributed by atoms with Gasteiger partial charge < -0.3 is 6.15 Å². The second-order valence-corrected chi connectivity index (χ2v) is 7.52. The van der Waals surface area contributed by atoms with Gasteiger partial charge in [-0.05, 0) is 23.9 Å². The van der Waals surface area contributed by atoms with Gasteiger partial charge in [0.2, 0.25) is 0 Å². The molecule has 0 aliphatic carbocycles. The molecule has 25 heavy (non-hydrogen) atoms. The van der Waals surface area contributed by atoms with Gasteiger partial charge >= 0.3 is 34.5 Å². The Morgan fingerprint density at radius 3 is 1.68 bits per heavy atom. The van der Waals surface area contributed by atoms with E-state index < -0.39 is 0 Å². The van der Waals surface area contributed by atoms with E-state index in [4.69, 9.17) is 19.4 Å². The van der Waals surface area contributed by atoms with Crippen LogP contribution in [0.3, 0.4) is 0 Å². The van der Waals surface area contributed by atoms with Crippen LogP contribution in [0.25, 0.3) is 6.15 Å². The summed E-state index contributed by atoms with van der Waals surface area (Å²) in [6.07, 6.45) is 2.85. The molecule has 0 aliphatic heterocycles. The number of rotatable bonds is 1. The molecule has 0 radical (unpaired) electrons. The fourth-order valence-corrected chi connectivity index (χ4v) is 1.62. The first-order chi connectivity index (χ1) is 11.7. The molecule has 0 amide bonds. The SMILES string of the molecule is CCc1ccccn1.Pc1ccccc1.[Cl][Ru+2][Cl].[NH2-].[c-]1ccccc1. The maximum Gasteiger partial charge on any atom is -0.171 e. The third kappa shape index (κ3) is 19.4. The van der Waals surface area contributed by atoms with E-state index in [9.17, 15) is 0 Å². The van der Waals surface area contributed by atoms with Crippen LogP contribution in [0.4, 0.5) is 0 Å². The van der Waals surface area contributed by atoms with Crippen molar-refractivity contribution in [2.45, 2.75) is 13.3 Å². The van der Waals surface area contributed by atoms with E-state index in [-0.39, 0.29) is 21.3 Å². The van der Waals surface area contributed by atoms with Crippen molar-refractivity contribution in [2.24, 2.45) is 0 Å². The quantitative estimate of drug-likeness (QED) is 0.225. The Labute approximate surface area is 169 Å². The van der Waals surface area contributed by atoms with E-state index in [1.165, 1.54) is 5.30 Å². The Kier molecular flexibility index (Phi) is 22.4. The number of aryl methyl sites for hydroxylation is 1. The zero-order chi connectivity index (χ0) is 17.9. The summed E-state index contributed by atoms with van der Waals surface area (Å²) >= 11 is -0.346. The van der Waals surface area contributed by atoms with E-state index in [1.54, 1.807) is 0 Å². The molecule has 3 rings (SSSR count). The van der Waals surface area contributed by atoms with Gasteiger partial charge in [-0.1, -0.05) is 43.3 Å². The number of pyridine rings is 1. The summed E-state index contributed by atoms with van der Waals surface area (Å²) in [7, 11) is 12.3. The van der Waals surface area contributed by atoms with Crippen molar-refractivity contribution < 1.29 is 15.1 Å². The zero-order valence-corrected chi connectivity index (χ0v) is 18.4. The van der Waals surface area contributed by atoms with Crippen LogP contribution in [0.2, 0.25) is 0 Å². The van der Waals surface area contributed by atoms with E-state index in [2.05, 4.69) is 27.2 Å². The Morgan fingerprint density at radius 1 is 0.920 bits per heavy atom. The molecule has 2 aromatic carbocycles. The van der Waals surface area contributed by atoms with Gasteiger partial charge in [0, 0.05) is 11.9 Å². The van der Waals surface area contributed by atoms with Crippen molar-refractivity contribution in [1.29, 1.82) is 0 Å². The molecule has 0 bridgehead atoms. The van der Waals surface area contributed by atoms with Gasteiger partial charge in [-0.25, -0.2) is 0 Å². The molecule has 3 aromatic rings. The molecular weight excluding hydrogens is 459 g/mol. The monoisotopic (exact) mass is 482 g/mol. The first-order valence-corrected chi connectivity index (χ1v) is 12.3. The van der Waals surface area contributed by atoms with Crippen LogP contribution in [0.1, 0.15) is 12.6 Å². The van der Waals surface area contributed by atoms with Crippen molar-refractivity contribution in [3.63, 3.8) is 0 Å². The number of hydrogen-bond donors (Lipinski definition) is 0. The van der Waals surface area contributed by atoms with Crippen LogP contribution >= 0.6 is 28.6 Å². The molecule has 0 saturated heterocycles. The molecule has 0 fully saturated rings. The number of nitrogens with zero attached hydrogens (tertiary/aromatic N) is 1. The second kappa shape index (κ2) is 21.2. The maximum absolute atomic E-state index is 4.85. The third-order valence-corrected chi connectivity index (χ3v) is 2.88. The molecule has 136 valence electrons. The topological polar surface area (TPSA) is 46.4 Å². The number of aromatic nitrogens is 1. The number of nitrogens with two attached hydrogens (primary N) is 1. The first kappa shape index (κ1) is 26.4. The Morgan fingerprint density at radius 2 is 1.44 bits per heavy atom. The van der Waals surface area contributed by atoms with Crippen LogP contribution in [0.15, 0.2) is 85.1 Å². The molecule has 6 heteroatoms. The minimum absolute atomic E-state index is 0. The van der Waals surface area contributed by atoms with Crippen LogP contribution in [0, 0.1) is 6.07 Å². The van der Waals surface area contributed by atoms with Crippen LogP contribution in [-0.2, 0) is 21.6 Å². The summed E-state index contributed by atoms with van der Waals surface area (Å²) in [5, 5.41) is 1.24. The molecule has 1 unspecified atom stereocenters. The molecular formula is C19H23Cl2N2PRu. The normalized spacial score (nSPS) is 8.00. The van der Waals surface area contributed by atoms with Crippen LogP contribution in [0.5, 0.6) is 0 Å². The number of halogens is 2. The van der Waals surface area contributed by atoms with Gasteiger partial charge in [-0.3, -0.25) is 4.98 Å². The van der Waals surface area contributed by atoms with E-state index in [0.717, 1.165) is 12.1 Å². The number of hydrogen-bond acceptors (Lipinski definition) is 1. The Bertz CT molecular complexity index is 560. The molecule has 0 aliphatic rings. The summed E-state index contributed by atoms with van der Waals surface area (Å²) in [5.74, 6) is 0. The molecule has 2 nitrogen and oxygen atoms in total. The van der Waals surface area contributed by atoms with Gasteiger partial charge in [0.25, 0.3) is 0 Å². The molecule has 0 spiro atoms. The summed E-state index contributed by atoms with van der Waals surface area (Å²) < 4.78 is 0. The van der Waals surface area contributed by atoms with Gasteiger partial charge in [0.15, 0.2) is 0 Å². The van der Waals surface area contributed by atoms with Crippen molar-refractivity contribution >= 4 is 33.9 Å². The minimum atomic E-state index is -0.346. The average Bonchev–Trinajstić information content (AvgIpc) is 2.66. The van der Waals surface area contributed by atoms with Crippen molar-refractivity contribution in [3.05, 3.63) is 103 Å². The molecule has 1 heterocycles. The summed E-state index contributed by atoms with van der Waals surface area (Å²) in [6.45, 7) is 2.10. The largest absolute Gasteiger partial charge is 0.693 e. The smallest absolute Gasteiger partial charge is 0.171 e. The predicted molar refractivity (Wildman–Crippen MR) is 112 cm³/mol. The van der Waals surface area contributed by atoms with Crippen molar-refractivity contribution in [3.8, 4) is 0 Å². The Balaban J connectivity index is 0. The second-order valence-electron chi connectivity index (χ2n) is 4.21. The van der Waals surface area contributed by atoms with Gasteiger partial charge in [0.05, 0.1) is 0 Å². The van der Waals surface area contributed by atoms with Crippen molar-refractivity contribution in [1.82, 2.24) is 4.98 Å². The van der Waals surface area contributed by atoms with E-state index in [0.29, 0.717) is 0 Å². The number of benzene rings is 2. The maximum atomic E-state index is 4.85. The van der Waals surface area contributed by atoms with Crippen LogP contribution < -0.4 is 5.30 Å². The van der Waals surface area contributed by atoms with Crippen molar-refractivity contribution in [2.75, 3.05) is 0 Å². The molecule has 2 N–H and O–H groups in total. The predicted octanol–water partition coefficient (Wildman–Crippen LogP) is 6.41. The van der Waals surface area contributed by atoms with E-state index in [1.807, 2.05) is 85.1 Å². The fraction of sp³-hybridized carbons (Fsp3) is 0.105. The first-order valence-electron chi connectivity index (χ1n) is 7.21. The minimum Gasteiger partial charge on any atom is -0.693 e. The molecule has 1 atom stereocenters. The van der Waals surface area contributed by atoms with Gasteiger partial charge in [-0.2, -0.15) is 36.4 Å². The van der Waals surface area contributed by atoms with Gasteiger partial charge in [0.1, 0.15) is 0 Å². The average molecular weight is 482 g/mol. The summed E-state index contributed by atoms with van der Waals surface area (Å²) in [6, 6.07) is 28.6. The Hall–Kier alpha value is -0.817. The third-order valence-electron chi connectivity index (χ3n) is 2.50. The standard InChI is InChI=1S/C7H9N.C6H7P.C6H5.2ClH.H2N.Ru/c1-2-7-5-3-4-6-8-7;7-6-4-2-1-3-5-6;1-2-4-6-5-3-1;;;;/h3-6H,2H2,1H3;1-5H,7H2;1-5H;2*1H;1H2;/q;;-1;;;-1;+4/p-2. The molecule has 1 aromatic heterocycles. The van der Waals surface area contributed by atoms with E-state index >= 15 is 0 Å². The fourth-order valence-electron chi connectivity index (χ4n) is 1.40. The summed E-state index contributed by atoms with van der Waals surface area (Å²) in [4.78, 5) is 4.10. The summed E-state index contributed by atoms with van der Waals surface area (Å²) in [5.41, 5.74) is 1.16. The molecule has 0 saturated carbocycles. The zero-order valence-electron chi connectivity index (χ0n) is 14.0. The van der Waals surface area contributed by atoms with Gasteiger partial charge in [-0.15, -0.1) is 9.24 Å². The van der Waals surface area contributed by atoms with Crippen LogP contribution in [-0.4, -0.2) is 4.98 Å².